The van der Waals surface area contributed by atoms with E-state index in [9.17, 15) is 4.79 Å². The molecule has 106 valence electrons. The van der Waals surface area contributed by atoms with Gasteiger partial charge in [-0.2, -0.15) is 0 Å². The van der Waals surface area contributed by atoms with Gasteiger partial charge in [0.2, 0.25) is 5.82 Å². The molecule has 0 radical (unpaired) electrons. The van der Waals surface area contributed by atoms with Crippen molar-refractivity contribution in [1.82, 2.24) is 25.1 Å². The summed E-state index contributed by atoms with van der Waals surface area (Å²) >= 11 is 0. The predicted molar refractivity (Wildman–Crippen MR) is 72.0 cm³/mol. The lowest BCUT2D eigenvalue weighted by atomic mass is 10.3. The molecule has 7 heteroatoms. The number of hydrogen-bond donors (Lipinski definition) is 1. The molecule has 0 aliphatic heterocycles. The van der Waals surface area contributed by atoms with Crippen molar-refractivity contribution >= 4 is 5.91 Å². The summed E-state index contributed by atoms with van der Waals surface area (Å²) in [4.78, 5) is 22.3. The number of ether oxygens (including phenoxy) is 1. The number of carbonyl (C=O) groups is 1. The van der Waals surface area contributed by atoms with E-state index in [1.165, 1.54) is 0 Å². The zero-order valence-electron chi connectivity index (χ0n) is 11.5. The first-order chi connectivity index (χ1) is 9.70. The van der Waals surface area contributed by atoms with Crippen LogP contribution in [0, 0.1) is 6.92 Å². The van der Waals surface area contributed by atoms with Crippen molar-refractivity contribution < 1.29 is 9.53 Å². The molecule has 1 amide bonds. The zero-order chi connectivity index (χ0) is 14.4. The lowest BCUT2D eigenvalue weighted by Crippen LogP contribution is -2.34. The second kappa shape index (κ2) is 6.76. The summed E-state index contributed by atoms with van der Waals surface area (Å²) in [5.41, 5.74) is 0.809. The Hall–Kier alpha value is -2.28. The Bertz CT molecular complexity index is 555. The fourth-order valence-corrected chi connectivity index (χ4v) is 1.72. The second-order valence-corrected chi connectivity index (χ2v) is 4.29. The number of aromatic amines is 1. The molecule has 0 atom stereocenters. The molecule has 1 N–H and O–H groups in total. The molecule has 0 aliphatic carbocycles. The number of nitrogens with one attached hydrogen (secondary N) is 1. The first kappa shape index (κ1) is 14.1. The lowest BCUT2D eigenvalue weighted by Gasteiger charge is -2.20. The lowest BCUT2D eigenvalue weighted by molar-refractivity contribution is 0.0666. The van der Waals surface area contributed by atoms with Crippen LogP contribution in [0.2, 0.25) is 0 Å². The van der Waals surface area contributed by atoms with Crippen LogP contribution in [-0.4, -0.2) is 51.2 Å². The van der Waals surface area contributed by atoms with Crippen LogP contribution >= 0.6 is 0 Å². The van der Waals surface area contributed by atoms with Crippen molar-refractivity contribution in [3.63, 3.8) is 0 Å². The van der Waals surface area contributed by atoms with E-state index >= 15 is 0 Å². The summed E-state index contributed by atoms with van der Waals surface area (Å²) in [5, 5.41) is 6.57. The number of nitrogens with zero attached hydrogens (tertiary/aromatic N) is 4. The van der Waals surface area contributed by atoms with E-state index in [1.54, 1.807) is 25.1 Å². The van der Waals surface area contributed by atoms with E-state index < -0.39 is 0 Å². The number of hydrogen-bond acceptors (Lipinski definition) is 5. The van der Waals surface area contributed by atoms with Crippen molar-refractivity contribution in [1.29, 1.82) is 0 Å². The highest BCUT2D eigenvalue weighted by Gasteiger charge is 2.20. The molecule has 0 saturated carbocycles. The van der Waals surface area contributed by atoms with Gasteiger partial charge < -0.3 is 9.64 Å². The van der Waals surface area contributed by atoms with Crippen LogP contribution in [0.1, 0.15) is 22.1 Å². The number of carbonyl (C=O) groups excluding carboxylic acids is 1. The van der Waals surface area contributed by atoms with Crippen LogP contribution in [0.5, 0.6) is 0 Å². The van der Waals surface area contributed by atoms with Gasteiger partial charge in [-0.15, -0.1) is 5.10 Å². The number of rotatable bonds is 6. The molecule has 0 aromatic carbocycles. The van der Waals surface area contributed by atoms with Gasteiger partial charge in [-0.3, -0.25) is 14.9 Å². The molecule has 2 heterocycles. The van der Waals surface area contributed by atoms with E-state index in [0.717, 1.165) is 5.69 Å². The van der Waals surface area contributed by atoms with Gasteiger partial charge in [0.25, 0.3) is 5.91 Å². The molecule has 0 fully saturated rings. The minimum absolute atomic E-state index is 0.162. The van der Waals surface area contributed by atoms with E-state index in [1.807, 2.05) is 18.2 Å². The molecule has 0 saturated heterocycles. The van der Waals surface area contributed by atoms with Crippen molar-refractivity contribution in [2.45, 2.75) is 13.5 Å². The van der Waals surface area contributed by atoms with Crippen LogP contribution < -0.4 is 0 Å². The second-order valence-electron chi connectivity index (χ2n) is 4.29. The SMILES string of the molecule is COCCN(Cc1ccccn1)C(=O)c1n[nH]c(C)n1. The highest BCUT2D eigenvalue weighted by molar-refractivity contribution is 5.90. The molecule has 0 aliphatic rings. The van der Waals surface area contributed by atoms with Crippen molar-refractivity contribution in [2.75, 3.05) is 20.3 Å². The summed E-state index contributed by atoms with van der Waals surface area (Å²) in [6, 6.07) is 5.60. The largest absolute Gasteiger partial charge is 0.383 e. The van der Waals surface area contributed by atoms with Gasteiger partial charge in [-0.1, -0.05) is 6.07 Å². The molecule has 7 nitrogen and oxygen atoms in total. The highest BCUT2D eigenvalue weighted by atomic mass is 16.5. The fourth-order valence-electron chi connectivity index (χ4n) is 1.72. The third-order valence-electron chi connectivity index (χ3n) is 2.72. The maximum atomic E-state index is 12.4. The first-order valence-electron chi connectivity index (χ1n) is 6.28. The van der Waals surface area contributed by atoms with Crippen LogP contribution in [-0.2, 0) is 11.3 Å². The van der Waals surface area contributed by atoms with Gasteiger partial charge in [-0.25, -0.2) is 4.98 Å². The van der Waals surface area contributed by atoms with Crippen molar-refractivity contribution in [3.8, 4) is 0 Å². The standard InChI is InChI=1S/C13H17N5O2/c1-10-15-12(17-16-10)13(19)18(7-8-20-2)9-11-5-3-4-6-14-11/h3-6H,7-9H2,1-2H3,(H,15,16,17). The number of aryl methyl sites for hydroxylation is 1. The van der Waals surface area contributed by atoms with E-state index in [4.69, 9.17) is 4.74 Å². The molecule has 2 aromatic rings. The Kier molecular flexibility index (Phi) is 4.78. The molecule has 2 rings (SSSR count). The van der Waals surface area contributed by atoms with Gasteiger partial charge in [0.15, 0.2) is 0 Å². The van der Waals surface area contributed by atoms with Gasteiger partial charge in [0.1, 0.15) is 5.82 Å². The van der Waals surface area contributed by atoms with Gasteiger partial charge in [0, 0.05) is 19.9 Å². The third kappa shape index (κ3) is 3.61. The van der Waals surface area contributed by atoms with Gasteiger partial charge in [0.05, 0.1) is 18.8 Å². The molecule has 0 spiro atoms. The molecule has 2 aromatic heterocycles. The highest BCUT2D eigenvalue weighted by Crippen LogP contribution is 2.05. The van der Waals surface area contributed by atoms with Crippen molar-refractivity contribution in [2.24, 2.45) is 0 Å². The number of H-pyrrole nitrogens is 1. The normalized spacial score (nSPS) is 10.5. The van der Waals surface area contributed by atoms with E-state index in [0.29, 0.717) is 25.5 Å². The smallest absolute Gasteiger partial charge is 0.293 e. The molecular formula is C13H17N5O2. The summed E-state index contributed by atoms with van der Waals surface area (Å²) < 4.78 is 5.04. The summed E-state index contributed by atoms with van der Waals surface area (Å²) in [6.45, 7) is 3.06. The first-order valence-corrected chi connectivity index (χ1v) is 6.28. The zero-order valence-corrected chi connectivity index (χ0v) is 11.5. The van der Waals surface area contributed by atoms with Crippen molar-refractivity contribution in [3.05, 3.63) is 41.7 Å². The van der Waals surface area contributed by atoms with Crippen LogP contribution in [0.25, 0.3) is 0 Å². The van der Waals surface area contributed by atoms with Crippen LogP contribution in [0.15, 0.2) is 24.4 Å². The Labute approximate surface area is 117 Å². The minimum Gasteiger partial charge on any atom is -0.383 e. The van der Waals surface area contributed by atoms with E-state index in [2.05, 4.69) is 20.2 Å². The minimum atomic E-state index is -0.239. The summed E-state index contributed by atoms with van der Waals surface area (Å²) in [7, 11) is 1.60. The summed E-state index contributed by atoms with van der Waals surface area (Å²) in [5.74, 6) is 0.532. The molecule has 20 heavy (non-hydrogen) atoms. The molecule has 0 unspecified atom stereocenters. The van der Waals surface area contributed by atoms with E-state index in [-0.39, 0.29) is 11.7 Å². The topological polar surface area (TPSA) is 84.0 Å². The average molecular weight is 275 g/mol. The van der Waals surface area contributed by atoms with Gasteiger partial charge >= 0.3 is 0 Å². The Morgan fingerprint density at radius 1 is 1.45 bits per heavy atom. The maximum Gasteiger partial charge on any atom is 0.293 e. The number of amides is 1. The third-order valence-corrected chi connectivity index (χ3v) is 2.72. The monoisotopic (exact) mass is 275 g/mol. The number of pyridine rings is 1. The number of methoxy groups -OCH3 is 1. The Morgan fingerprint density at radius 3 is 2.90 bits per heavy atom. The Balaban J connectivity index is 2.12. The van der Waals surface area contributed by atoms with Gasteiger partial charge in [-0.05, 0) is 19.1 Å². The average Bonchev–Trinajstić information content (AvgIpc) is 2.90. The maximum absolute atomic E-state index is 12.4. The summed E-state index contributed by atoms with van der Waals surface area (Å²) in [6.07, 6.45) is 1.70. The van der Waals surface area contributed by atoms with Crippen LogP contribution in [0.4, 0.5) is 0 Å². The fraction of sp³-hybridized carbons (Fsp3) is 0.385. The Morgan fingerprint density at radius 2 is 2.30 bits per heavy atom. The van der Waals surface area contributed by atoms with Crippen LogP contribution in [0.3, 0.4) is 0 Å². The number of aromatic nitrogens is 4. The quantitative estimate of drug-likeness (QED) is 0.843. The molecular weight excluding hydrogens is 258 g/mol. The predicted octanol–water partition coefficient (Wildman–Crippen LogP) is 0.797. The molecule has 0 bridgehead atoms.